The molecule has 0 saturated carbocycles. The summed E-state index contributed by atoms with van der Waals surface area (Å²) in [6.07, 6.45) is 39.0. The number of unbranched alkanes of at least 4 members (excludes halogenated alkanes) is 25. The van der Waals surface area contributed by atoms with Crippen molar-refractivity contribution in [1.29, 1.82) is 0 Å². The largest absolute Gasteiger partial charge is 0.462 e. The number of rotatable bonds is 38. The number of esters is 3. The standard InChI is InChI=1S/C43H80O6/c1-4-7-10-13-16-19-22-25-27-30-33-36-42(45)48-39-40(49-43(46)37-34-31-28-24-21-18-15-12-9-6-3)38-47-41(44)35-32-29-26-23-20-17-14-11-8-5-2/h13,16,40H,4-12,14-15,17-39H2,1-3H3/b16-13-. The van der Waals surface area contributed by atoms with E-state index < -0.39 is 6.10 Å². The molecule has 0 fully saturated rings. The van der Waals surface area contributed by atoms with Gasteiger partial charge in [0.25, 0.3) is 0 Å². The van der Waals surface area contributed by atoms with E-state index in [0.717, 1.165) is 64.2 Å². The molecule has 0 aromatic rings. The lowest BCUT2D eigenvalue weighted by Crippen LogP contribution is -2.30. The number of ether oxygens (including phenoxy) is 3. The van der Waals surface area contributed by atoms with Gasteiger partial charge in [0.1, 0.15) is 13.2 Å². The summed E-state index contributed by atoms with van der Waals surface area (Å²) in [7, 11) is 0. The van der Waals surface area contributed by atoms with Gasteiger partial charge in [-0.25, -0.2) is 0 Å². The van der Waals surface area contributed by atoms with Gasteiger partial charge >= 0.3 is 17.9 Å². The van der Waals surface area contributed by atoms with Crippen LogP contribution in [0, 0.1) is 0 Å². The lowest BCUT2D eigenvalue weighted by atomic mass is 10.1. The molecule has 0 spiro atoms. The molecule has 1 unspecified atom stereocenters. The molecule has 0 amide bonds. The molecule has 0 heterocycles. The minimum absolute atomic E-state index is 0.0689. The fraction of sp³-hybridized carbons (Fsp3) is 0.884. The van der Waals surface area contributed by atoms with Crippen molar-refractivity contribution in [3.8, 4) is 0 Å². The van der Waals surface area contributed by atoms with Gasteiger partial charge in [0.15, 0.2) is 6.10 Å². The van der Waals surface area contributed by atoms with E-state index in [9.17, 15) is 14.4 Å². The molecule has 0 aliphatic carbocycles. The Morgan fingerprint density at radius 3 is 1.08 bits per heavy atom. The first-order valence-corrected chi connectivity index (χ1v) is 21.2. The Morgan fingerprint density at radius 2 is 0.694 bits per heavy atom. The molecule has 0 N–H and O–H groups in total. The van der Waals surface area contributed by atoms with Crippen molar-refractivity contribution in [3.63, 3.8) is 0 Å². The minimum atomic E-state index is -0.762. The summed E-state index contributed by atoms with van der Waals surface area (Å²) in [6, 6.07) is 0. The van der Waals surface area contributed by atoms with Crippen LogP contribution in [0.4, 0.5) is 0 Å². The molecule has 0 saturated heterocycles. The van der Waals surface area contributed by atoms with Crippen molar-refractivity contribution in [2.75, 3.05) is 13.2 Å². The van der Waals surface area contributed by atoms with Gasteiger partial charge in [-0.3, -0.25) is 14.4 Å². The predicted molar refractivity (Wildman–Crippen MR) is 206 cm³/mol. The predicted octanol–water partition coefficient (Wildman–Crippen LogP) is 13.1. The van der Waals surface area contributed by atoms with Crippen molar-refractivity contribution in [2.45, 2.75) is 232 Å². The van der Waals surface area contributed by atoms with Crippen LogP contribution >= 0.6 is 0 Å². The van der Waals surface area contributed by atoms with Gasteiger partial charge < -0.3 is 14.2 Å². The SMILES string of the molecule is CCCC/C=C\CCCCCCCC(=O)OCC(COC(=O)CCCCCCCCCCCC)OC(=O)CCCCCCCCCCCC. The topological polar surface area (TPSA) is 78.9 Å². The molecule has 0 rings (SSSR count). The lowest BCUT2D eigenvalue weighted by Gasteiger charge is -2.18. The van der Waals surface area contributed by atoms with Gasteiger partial charge in [-0.15, -0.1) is 0 Å². The third kappa shape index (κ3) is 37.2. The van der Waals surface area contributed by atoms with Crippen LogP contribution in [0.2, 0.25) is 0 Å². The molecule has 6 nitrogen and oxygen atoms in total. The molecule has 49 heavy (non-hydrogen) atoms. The smallest absolute Gasteiger partial charge is 0.306 e. The van der Waals surface area contributed by atoms with Crippen LogP contribution in [-0.4, -0.2) is 37.2 Å². The first-order valence-electron chi connectivity index (χ1n) is 21.2. The Balaban J connectivity index is 4.36. The molecular weight excluding hydrogens is 612 g/mol. The van der Waals surface area contributed by atoms with E-state index in [0.29, 0.717) is 19.3 Å². The summed E-state index contributed by atoms with van der Waals surface area (Å²) >= 11 is 0. The molecule has 1 atom stereocenters. The monoisotopic (exact) mass is 693 g/mol. The summed E-state index contributed by atoms with van der Waals surface area (Å²) in [5, 5.41) is 0. The Labute approximate surface area is 303 Å². The molecule has 288 valence electrons. The van der Waals surface area contributed by atoms with Crippen LogP contribution in [0.1, 0.15) is 226 Å². The quantitative estimate of drug-likeness (QED) is 0.0277. The normalized spacial score (nSPS) is 12.0. The first-order chi connectivity index (χ1) is 24.0. The fourth-order valence-corrected chi connectivity index (χ4v) is 6.01. The van der Waals surface area contributed by atoms with E-state index in [1.807, 2.05) is 0 Å². The summed E-state index contributed by atoms with van der Waals surface area (Å²) < 4.78 is 16.6. The zero-order valence-electron chi connectivity index (χ0n) is 32.7. The van der Waals surface area contributed by atoms with Crippen LogP contribution in [0.3, 0.4) is 0 Å². The second kappa shape index (κ2) is 38.9. The molecule has 0 aromatic heterocycles. The first kappa shape index (κ1) is 47.1. The summed E-state index contributed by atoms with van der Waals surface area (Å²) in [6.45, 7) is 6.56. The maximum atomic E-state index is 12.6. The molecule has 0 aliphatic rings. The Bertz CT molecular complexity index is 763. The van der Waals surface area contributed by atoms with E-state index in [2.05, 4.69) is 32.9 Å². The minimum Gasteiger partial charge on any atom is -0.462 e. The zero-order chi connectivity index (χ0) is 35.9. The Kier molecular flexibility index (Phi) is 37.5. The maximum Gasteiger partial charge on any atom is 0.306 e. The van der Waals surface area contributed by atoms with E-state index in [1.54, 1.807) is 0 Å². The second-order valence-corrected chi connectivity index (χ2v) is 14.3. The number of hydrogen-bond acceptors (Lipinski definition) is 6. The van der Waals surface area contributed by atoms with E-state index >= 15 is 0 Å². The molecule has 0 aromatic carbocycles. The summed E-state index contributed by atoms with van der Waals surface area (Å²) in [4.78, 5) is 37.5. The van der Waals surface area contributed by atoms with Gasteiger partial charge in [-0.05, 0) is 38.5 Å². The molecule has 0 radical (unpaired) electrons. The average molecular weight is 693 g/mol. The fourth-order valence-electron chi connectivity index (χ4n) is 6.01. The van der Waals surface area contributed by atoms with Crippen LogP contribution in [0.15, 0.2) is 12.2 Å². The van der Waals surface area contributed by atoms with E-state index in [4.69, 9.17) is 14.2 Å². The van der Waals surface area contributed by atoms with Gasteiger partial charge in [-0.1, -0.05) is 181 Å². The Hall–Kier alpha value is -1.85. The highest BCUT2D eigenvalue weighted by Crippen LogP contribution is 2.14. The van der Waals surface area contributed by atoms with Gasteiger partial charge in [0, 0.05) is 19.3 Å². The van der Waals surface area contributed by atoms with Gasteiger partial charge in [0.2, 0.25) is 0 Å². The van der Waals surface area contributed by atoms with E-state index in [-0.39, 0.29) is 31.1 Å². The highest BCUT2D eigenvalue weighted by Gasteiger charge is 2.19. The van der Waals surface area contributed by atoms with Crippen molar-refractivity contribution >= 4 is 17.9 Å². The van der Waals surface area contributed by atoms with Gasteiger partial charge in [0.05, 0.1) is 0 Å². The third-order valence-corrected chi connectivity index (χ3v) is 9.27. The maximum absolute atomic E-state index is 12.6. The van der Waals surface area contributed by atoms with Crippen molar-refractivity contribution < 1.29 is 28.6 Å². The van der Waals surface area contributed by atoms with Crippen molar-refractivity contribution in [3.05, 3.63) is 12.2 Å². The molecule has 6 heteroatoms. The summed E-state index contributed by atoms with van der Waals surface area (Å²) in [5.41, 5.74) is 0. The van der Waals surface area contributed by atoms with Crippen molar-refractivity contribution in [1.82, 2.24) is 0 Å². The Morgan fingerprint density at radius 1 is 0.388 bits per heavy atom. The lowest BCUT2D eigenvalue weighted by molar-refractivity contribution is -0.167. The highest BCUT2D eigenvalue weighted by atomic mass is 16.6. The number of hydrogen-bond donors (Lipinski definition) is 0. The van der Waals surface area contributed by atoms with Crippen LogP contribution < -0.4 is 0 Å². The number of allylic oxidation sites excluding steroid dienone is 2. The van der Waals surface area contributed by atoms with E-state index in [1.165, 1.54) is 122 Å². The molecular formula is C43H80O6. The van der Waals surface area contributed by atoms with Crippen LogP contribution in [-0.2, 0) is 28.6 Å². The molecule has 0 bridgehead atoms. The number of carbonyl (C=O) groups is 3. The van der Waals surface area contributed by atoms with Gasteiger partial charge in [-0.2, -0.15) is 0 Å². The number of carbonyl (C=O) groups excluding carboxylic acids is 3. The second-order valence-electron chi connectivity index (χ2n) is 14.3. The summed E-state index contributed by atoms with van der Waals surface area (Å²) in [5.74, 6) is -0.879. The van der Waals surface area contributed by atoms with Crippen LogP contribution in [0.5, 0.6) is 0 Å². The average Bonchev–Trinajstić information content (AvgIpc) is 3.10. The zero-order valence-corrected chi connectivity index (χ0v) is 32.7. The molecule has 0 aliphatic heterocycles. The highest BCUT2D eigenvalue weighted by molar-refractivity contribution is 5.71. The third-order valence-electron chi connectivity index (χ3n) is 9.27. The van der Waals surface area contributed by atoms with Crippen molar-refractivity contribution in [2.24, 2.45) is 0 Å². The van der Waals surface area contributed by atoms with Crippen LogP contribution in [0.25, 0.3) is 0 Å².